The standard InChI is InChI=1S/C17H17ClN2O5S/c1-20(26(3,23)24)13-7-4-11(5-8-13)16(21)19-12-6-9-15(18)14(10-12)17(22)25-2/h4-10H,1-3H3,(H,19,21). The van der Waals surface area contributed by atoms with Gasteiger partial charge in [-0.3, -0.25) is 9.10 Å². The lowest BCUT2D eigenvalue weighted by Crippen LogP contribution is -2.24. The number of carbonyl (C=O) groups is 2. The van der Waals surface area contributed by atoms with Crippen LogP contribution in [-0.4, -0.2) is 40.7 Å². The lowest BCUT2D eigenvalue weighted by atomic mass is 10.1. The van der Waals surface area contributed by atoms with Crippen LogP contribution in [-0.2, 0) is 14.8 Å². The van der Waals surface area contributed by atoms with Gasteiger partial charge in [0.25, 0.3) is 5.91 Å². The van der Waals surface area contributed by atoms with E-state index in [1.807, 2.05) is 0 Å². The molecule has 0 unspecified atom stereocenters. The molecule has 0 atom stereocenters. The molecule has 0 radical (unpaired) electrons. The molecule has 0 aliphatic carbocycles. The van der Waals surface area contributed by atoms with Crippen molar-refractivity contribution in [2.75, 3.05) is 30.0 Å². The minimum Gasteiger partial charge on any atom is -0.465 e. The zero-order chi connectivity index (χ0) is 19.5. The van der Waals surface area contributed by atoms with Gasteiger partial charge >= 0.3 is 5.97 Å². The van der Waals surface area contributed by atoms with Gasteiger partial charge in [0.05, 0.1) is 29.6 Å². The Bertz CT molecular complexity index is 942. The van der Waals surface area contributed by atoms with Crippen molar-refractivity contribution in [2.45, 2.75) is 0 Å². The lowest BCUT2D eigenvalue weighted by molar-refractivity contribution is 0.0600. The molecule has 2 aromatic rings. The van der Waals surface area contributed by atoms with E-state index in [2.05, 4.69) is 10.1 Å². The van der Waals surface area contributed by atoms with Crippen LogP contribution in [0.25, 0.3) is 0 Å². The Morgan fingerprint density at radius 2 is 1.73 bits per heavy atom. The third-order valence-electron chi connectivity index (χ3n) is 3.62. The molecule has 138 valence electrons. The predicted molar refractivity (Wildman–Crippen MR) is 100 cm³/mol. The molecule has 0 aliphatic heterocycles. The van der Waals surface area contributed by atoms with Crippen LogP contribution in [0.4, 0.5) is 11.4 Å². The number of methoxy groups -OCH3 is 1. The van der Waals surface area contributed by atoms with E-state index in [4.69, 9.17) is 11.6 Å². The zero-order valence-corrected chi connectivity index (χ0v) is 15.9. The van der Waals surface area contributed by atoms with E-state index in [0.717, 1.165) is 10.6 Å². The molecule has 2 aromatic carbocycles. The molecular formula is C17H17ClN2O5S. The van der Waals surface area contributed by atoms with Crippen molar-refractivity contribution in [1.29, 1.82) is 0 Å². The Morgan fingerprint density at radius 3 is 2.27 bits per heavy atom. The van der Waals surface area contributed by atoms with Crippen LogP contribution < -0.4 is 9.62 Å². The summed E-state index contributed by atoms with van der Waals surface area (Å²) in [7, 11) is -0.722. The van der Waals surface area contributed by atoms with Crippen LogP contribution in [0, 0.1) is 0 Å². The average molecular weight is 397 g/mol. The fourth-order valence-corrected chi connectivity index (χ4v) is 2.79. The number of ether oxygens (including phenoxy) is 1. The molecule has 0 saturated carbocycles. The number of rotatable bonds is 5. The van der Waals surface area contributed by atoms with Gasteiger partial charge in [0.1, 0.15) is 0 Å². The Morgan fingerprint density at radius 1 is 1.12 bits per heavy atom. The molecule has 0 aliphatic rings. The second-order valence-corrected chi connectivity index (χ2v) is 7.84. The summed E-state index contributed by atoms with van der Waals surface area (Å²) < 4.78 is 28.8. The van der Waals surface area contributed by atoms with Crippen LogP contribution in [0.15, 0.2) is 42.5 Å². The van der Waals surface area contributed by atoms with Crippen molar-refractivity contribution in [3.63, 3.8) is 0 Å². The van der Waals surface area contributed by atoms with Crippen LogP contribution in [0.1, 0.15) is 20.7 Å². The molecule has 9 heteroatoms. The Kier molecular flexibility index (Phi) is 5.89. The Hall–Kier alpha value is -2.58. The number of sulfonamides is 1. The van der Waals surface area contributed by atoms with E-state index in [0.29, 0.717) is 16.9 Å². The molecule has 2 rings (SSSR count). The van der Waals surface area contributed by atoms with E-state index in [1.54, 1.807) is 6.07 Å². The molecule has 1 N–H and O–H groups in total. The molecular weight excluding hydrogens is 380 g/mol. The van der Waals surface area contributed by atoms with Crippen molar-refractivity contribution in [1.82, 2.24) is 0 Å². The highest BCUT2D eigenvalue weighted by molar-refractivity contribution is 7.92. The monoisotopic (exact) mass is 396 g/mol. The quantitative estimate of drug-likeness (QED) is 0.784. The van der Waals surface area contributed by atoms with Crippen molar-refractivity contribution >= 4 is 44.9 Å². The van der Waals surface area contributed by atoms with Gasteiger partial charge in [0.15, 0.2) is 0 Å². The summed E-state index contributed by atoms with van der Waals surface area (Å²) in [6, 6.07) is 10.5. The maximum absolute atomic E-state index is 12.3. The number of amides is 1. The smallest absolute Gasteiger partial charge is 0.339 e. The maximum atomic E-state index is 12.3. The van der Waals surface area contributed by atoms with Crippen LogP contribution in [0.2, 0.25) is 5.02 Å². The normalized spacial score (nSPS) is 10.9. The van der Waals surface area contributed by atoms with Crippen molar-refractivity contribution < 1.29 is 22.7 Å². The van der Waals surface area contributed by atoms with Gasteiger partial charge in [0, 0.05) is 18.3 Å². The SMILES string of the molecule is COC(=O)c1cc(NC(=O)c2ccc(N(C)S(C)(=O)=O)cc2)ccc1Cl. The van der Waals surface area contributed by atoms with Crippen LogP contribution in [0.5, 0.6) is 0 Å². The first-order valence-electron chi connectivity index (χ1n) is 7.36. The number of hydrogen-bond donors (Lipinski definition) is 1. The largest absolute Gasteiger partial charge is 0.465 e. The van der Waals surface area contributed by atoms with Gasteiger partial charge in [-0.15, -0.1) is 0 Å². The molecule has 0 heterocycles. The van der Waals surface area contributed by atoms with Crippen LogP contribution >= 0.6 is 11.6 Å². The molecule has 0 aromatic heterocycles. The molecule has 0 spiro atoms. The van der Waals surface area contributed by atoms with Crippen LogP contribution in [0.3, 0.4) is 0 Å². The number of anilines is 2. The third kappa shape index (κ3) is 4.53. The highest BCUT2D eigenvalue weighted by Crippen LogP contribution is 2.22. The zero-order valence-electron chi connectivity index (χ0n) is 14.3. The minimum atomic E-state index is -3.38. The van der Waals surface area contributed by atoms with Gasteiger partial charge in [0.2, 0.25) is 10.0 Å². The number of benzene rings is 2. The topological polar surface area (TPSA) is 92.8 Å². The van der Waals surface area contributed by atoms with E-state index in [9.17, 15) is 18.0 Å². The number of esters is 1. The maximum Gasteiger partial charge on any atom is 0.339 e. The van der Waals surface area contributed by atoms with Crippen molar-refractivity contribution in [2.24, 2.45) is 0 Å². The summed E-state index contributed by atoms with van der Waals surface area (Å²) in [6.45, 7) is 0. The number of hydrogen-bond acceptors (Lipinski definition) is 5. The Labute approximate surface area is 156 Å². The first-order valence-corrected chi connectivity index (χ1v) is 9.59. The van der Waals surface area contributed by atoms with Gasteiger partial charge in [-0.2, -0.15) is 0 Å². The summed E-state index contributed by atoms with van der Waals surface area (Å²) in [5.74, 6) is -1.03. The van der Waals surface area contributed by atoms with E-state index in [1.165, 1.54) is 50.6 Å². The third-order valence-corrected chi connectivity index (χ3v) is 5.16. The van der Waals surface area contributed by atoms with E-state index < -0.39 is 21.9 Å². The highest BCUT2D eigenvalue weighted by atomic mass is 35.5. The molecule has 26 heavy (non-hydrogen) atoms. The predicted octanol–water partition coefficient (Wildman–Crippen LogP) is 2.77. The van der Waals surface area contributed by atoms with Gasteiger partial charge in [-0.25, -0.2) is 13.2 Å². The van der Waals surface area contributed by atoms with Gasteiger partial charge in [-0.05, 0) is 42.5 Å². The molecule has 0 saturated heterocycles. The fraction of sp³-hybridized carbons (Fsp3) is 0.176. The summed E-state index contributed by atoms with van der Waals surface area (Å²) in [4.78, 5) is 24.0. The van der Waals surface area contributed by atoms with Crippen molar-refractivity contribution in [3.8, 4) is 0 Å². The first-order chi connectivity index (χ1) is 12.1. The van der Waals surface area contributed by atoms with E-state index in [-0.39, 0.29) is 10.6 Å². The fourth-order valence-electron chi connectivity index (χ4n) is 2.09. The van der Waals surface area contributed by atoms with Gasteiger partial charge in [-0.1, -0.05) is 11.6 Å². The summed E-state index contributed by atoms with van der Waals surface area (Å²) >= 11 is 5.94. The first kappa shape index (κ1) is 19.7. The number of nitrogens with one attached hydrogen (secondary N) is 1. The molecule has 7 nitrogen and oxygen atoms in total. The van der Waals surface area contributed by atoms with Crippen molar-refractivity contribution in [3.05, 3.63) is 58.6 Å². The number of carbonyl (C=O) groups excluding carboxylic acids is 2. The Balaban J connectivity index is 2.19. The second-order valence-electron chi connectivity index (χ2n) is 5.42. The summed E-state index contributed by atoms with van der Waals surface area (Å²) in [6.07, 6.45) is 1.09. The number of halogens is 1. The average Bonchev–Trinajstić information content (AvgIpc) is 2.61. The lowest BCUT2D eigenvalue weighted by Gasteiger charge is -2.16. The summed E-state index contributed by atoms with van der Waals surface area (Å²) in [5, 5.41) is 2.86. The van der Waals surface area contributed by atoms with E-state index >= 15 is 0 Å². The summed E-state index contributed by atoms with van der Waals surface area (Å²) in [5.41, 5.74) is 1.27. The molecule has 0 bridgehead atoms. The molecule has 1 amide bonds. The minimum absolute atomic E-state index is 0.136. The number of nitrogens with zero attached hydrogens (tertiary/aromatic N) is 1. The highest BCUT2D eigenvalue weighted by Gasteiger charge is 2.15. The molecule has 0 fully saturated rings. The van der Waals surface area contributed by atoms with Gasteiger partial charge < -0.3 is 10.1 Å². The second kappa shape index (κ2) is 7.76.